The molecule has 2 aromatic rings. The zero-order chi connectivity index (χ0) is 35.2. The Balaban J connectivity index is 1.22. The number of methoxy groups -OCH3 is 2. The molecule has 266 valence electrons. The summed E-state index contributed by atoms with van der Waals surface area (Å²) >= 11 is 0. The smallest absolute Gasteiger partial charge is 0.496 e. The van der Waals surface area contributed by atoms with Gasteiger partial charge in [0.25, 0.3) is 15.7 Å². The first kappa shape index (κ1) is 34.9. The van der Waals surface area contributed by atoms with Crippen LogP contribution in [0.5, 0.6) is 11.5 Å². The zero-order valence-corrected chi connectivity index (χ0v) is 27.1. The standard InChI is InChI=1S/C32H34F4N2O10S/c1-44-23-13-22(33)24(48-17-8-6-15(7-9-17)31(41)45-2)12-19(23)29(39)38-26-21-11-20(27-28(21)47-14-46-27)25(26)30(40)37-16-4-3-5-18(10-16)49(42,43)32(34,35)36/h3-5,10,12-13,15,17,20-21,25-28H,6-9,11,14H2,1-2H3,(H,37,40)(H,38,39). The molecule has 6 unspecified atom stereocenters. The van der Waals surface area contributed by atoms with E-state index in [0.29, 0.717) is 38.2 Å². The molecule has 2 bridgehead atoms. The molecular weight excluding hydrogens is 680 g/mol. The Morgan fingerprint density at radius 1 is 0.939 bits per heavy atom. The van der Waals surface area contributed by atoms with Gasteiger partial charge in [-0.2, -0.15) is 13.2 Å². The van der Waals surface area contributed by atoms with Crippen molar-refractivity contribution in [3.8, 4) is 11.5 Å². The average molecular weight is 715 g/mol. The van der Waals surface area contributed by atoms with Gasteiger partial charge in [-0.1, -0.05) is 6.07 Å². The Bertz CT molecular complexity index is 1730. The fourth-order valence-corrected chi connectivity index (χ4v) is 8.36. The van der Waals surface area contributed by atoms with E-state index < -0.39 is 74.1 Å². The number of carbonyl (C=O) groups excluding carboxylic acids is 3. The van der Waals surface area contributed by atoms with Crippen LogP contribution in [-0.4, -0.2) is 77.1 Å². The second-order valence-electron chi connectivity index (χ2n) is 12.5. The van der Waals surface area contributed by atoms with Crippen LogP contribution in [0.2, 0.25) is 0 Å². The van der Waals surface area contributed by atoms with E-state index in [4.69, 9.17) is 23.7 Å². The quantitative estimate of drug-likeness (QED) is 0.288. The van der Waals surface area contributed by atoms with Crippen LogP contribution in [-0.2, 0) is 33.6 Å². The number of nitrogens with one attached hydrogen (secondary N) is 2. The topological polar surface area (TPSA) is 156 Å². The summed E-state index contributed by atoms with van der Waals surface area (Å²) in [6, 6.07) is 5.18. The number of carbonyl (C=O) groups is 3. The van der Waals surface area contributed by atoms with Crippen LogP contribution < -0.4 is 20.1 Å². The largest absolute Gasteiger partial charge is 0.501 e. The normalized spacial score (nSPS) is 29.2. The Morgan fingerprint density at radius 3 is 2.29 bits per heavy atom. The molecule has 0 spiro atoms. The Hall–Kier alpha value is -3.96. The van der Waals surface area contributed by atoms with Crippen molar-refractivity contribution in [3.63, 3.8) is 0 Å². The van der Waals surface area contributed by atoms with Crippen molar-refractivity contribution in [3.05, 3.63) is 47.8 Å². The summed E-state index contributed by atoms with van der Waals surface area (Å²) in [6.07, 6.45) is 1.01. The number of esters is 1. The lowest BCUT2D eigenvalue weighted by Crippen LogP contribution is -2.55. The molecule has 0 radical (unpaired) electrons. The predicted molar refractivity (Wildman–Crippen MR) is 161 cm³/mol. The maximum atomic E-state index is 15.1. The van der Waals surface area contributed by atoms with Gasteiger partial charge in [0, 0.05) is 29.6 Å². The van der Waals surface area contributed by atoms with Gasteiger partial charge in [-0.3, -0.25) is 14.4 Å². The first-order valence-corrected chi connectivity index (χ1v) is 17.1. The number of rotatable bonds is 9. The van der Waals surface area contributed by atoms with E-state index in [-0.39, 0.29) is 47.3 Å². The maximum Gasteiger partial charge on any atom is 0.501 e. The van der Waals surface area contributed by atoms with Crippen molar-refractivity contribution in [2.45, 2.75) is 66.9 Å². The molecule has 17 heteroatoms. The fourth-order valence-electron chi connectivity index (χ4n) is 7.56. The van der Waals surface area contributed by atoms with Gasteiger partial charge in [-0.15, -0.1) is 0 Å². The molecule has 3 aliphatic carbocycles. The van der Waals surface area contributed by atoms with Gasteiger partial charge in [0.05, 0.1) is 54.8 Å². The lowest BCUT2D eigenvalue weighted by molar-refractivity contribution is -0.147. The van der Waals surface area contributed by atoms with Crippen LogP contribution in [0.4, 0.5) is 23.2 Å². The Kier molecular flexibility index (Phi) is 9.54. The number of anilines is 1. The molecule has 2 N–H and O–H groups in total. The average Bonchev–Trinajstić information content (AvgIpc) is 3.78. The Morgan fingerprint density at radius 2 is 1.63 bits per heavy atom. The molecule has 12 nitrogen and oxygen atoms in total. The first-order valence-electron chi connectivity index (χ1n) is 15.6. The summed E-state index contributed by atoms with van der Waals surface area (Å²) in [5.74, 6) is -4.82. The number of halogens is 4. The molecule has 2 amide bonds. The number of benzene rings is 2. The number of fused-ring (bicyclic) bond motifs is 5. The minimum absolute atomic E-state index is 0.0251. The third-order valence-corrected chi connectivity index (χ3v) is 11.3. The van der Waals surface area contributed by atoms with Crippen LogP contribution in [0.3, 0.4) is 0 Å². The highest BCUT2D eigenvalue weighted by atomic mass is 32.2. The molecule has 2 aromatic carbocycles. The first-order chi connectivity index (χ1) is 23.2. The van der Waals surface area contributed by atoms with Gasteiger partial charge >= 0.3 is 11.5 Å². The van der Waals surface area contributed by atoms with Gasteiger partial charge in [0.15, 0.2) is 11.6 Å². The predicted octanol–water partition coefficient (Wildman–Crippen LogP) is 3.98. The number of hydrogen-bond donors (Lipinski definition) is 2. The summed E-state index contributed by atoms with van der Waals surface area (Å²) < 4.78 is 106. The number of hydrogen-bond acceptors (Lipinski definition) is 10. The number of sulfone groups is 1. The fraction of sp³-hybridized carbons (Fsp3) is 0.531. The van der Waals surface area contributed by atoms with Crippen LogP contribution in [0, 0.1) is 29.5 Å². The summed E-state index contributed by atoms with van der Waals surface area (Å²) in [6.45, 7) is -0.0251. The number of ether oxygens (including phenoxy) is 5. The third kappa shape index (κ3) is 6.55. The van der Waals surface area contributed by atoms with Gasteiger partial charge in [0.1, 0.15) is 12.5 Å². The van der Waals surface area contributed by atoms with Crippen LogP contribution >= 0.6 is 0 Å². The summed E-state index contributed by atoms with van der Waals surface area (Å²) in [7, 11) is -3.10. The second-order valence-corrected chi connectivity index (χ2v) is 14.5. The lowest BCUT2D eigenvalue weighted by Gasteiger charge is -2.36. The lowest BCUT2D eigenvalue weighted by atomic mass is 9.80. The molecule has 0 aromatic heterocycles. The van der Waals surface area contributed by atoms with Gasteiger partial charge in [-0.25, -0.2) is 12.8 Å². The molecule has 1 aliphatic heterocycles. The monoisotopic (exact) mass is 714 g/mol. The molecule has 1 saturated heterocycles. The summed E-state index contributed by atoms with van der Waals surface area (Å²) in [4.78, 5) is 38.4. The molecule has 6 rings (SSSR count). The zero-order valence-electron chi connectivity index (χ0n) is 26.3. The van der Waals surface area contributed by atoms with E-state index in [0.717, 1.165) is 18.2 Å². The van der Waals surface area contributed by atoms with E-state index in [1.807, 2.05) is 0 Å². The van der Waals surface area contributed by atoms with Crippen molar-refractivity contribution in [2.24, 2.45) is 23.7 Å². The SMILES string of the molecule is COC(=O)C1CCC(Oc2cc(C(=O)NC3C4CC(C5OCOC45)C3C(=O)Nc3cccc(S(=O)(=O)C(F)(F)F)c3)c(OC)cc2F)CC1. The highest BCUT2D eigenvalue weighted by molar-refractivity contribution is 7.92. The van der Waals surface area contributed by atoms with Gasteiger partial charge in [-0.05, 0) is 56.4 Å². The van der Waals surface area contributed by atoms with Crippen molar-refractivity contribution in [2.75, 3.05) is 26.3 Å². The molecular formula is C32H34F4N2O10S. The Labute approximate surface area is 278 Å². The highest BCUT2D eigenvalue weighted by Crippen LogP contribution is 2.53. The summed E-state index contributed by atoms with van der Waals surface area (Å²) in [5.41, 5.74) is -5.80. The second kappa shape index (κ2) is 13.4. The van der Waals surface area contributed by atoms with E-state index in [2.05, 4.69) is 10.6 Å². The molecule has 6 atom stereocenters. The van der Waals surface area contributed by atoms with Crippen LogP contribution in [0.1, 0.15) is 42.5 Å². The van der Waals surface area contributed by atoms with E-state index in [1.54, 1.807) is 0 Å². The minimum atomic E-state index is -5.67. The maximum absolute atomic E-state index is 15.1. The van der Waals surface area contributed by atoms with E-state index in [9.17, 15) is 36.0 Å². The van der Waals surface area contributed by atoms with Crippen molar-refractivity contribution in [1.29, 1.82) is 0 Å². The highest BCUT2D eigenvalue weighted by Gasteiger charge is 2.63. The van der Waals surface area contributed by atoms with Gasteiger partial charge in [0.2, 0.25) is 5.91 Å². The minimum Gasteiger partial charge on any atom is -0.496 e. The molecule has 4 fully saturated rings. The van der Waals surface area contributed by atoms with Crippen molar-refractivity contribution >= 4 is 33.3 Å². The van der Waals surface area contributed by atoms with Crippen molar-refractivity contribution < 1.29 is 64.0 Å². The molecule has 49 heavy (non-hydrogen) atoms. The molecule has 3 saturated carbocycles. The number of amides is 2. The summed E-state index contributed by atoms with van der Waals surface area (Å²) in [5, 5.41) is 5.38. The van der Waals surface area contributed by atoms with Crippen LogP contribution in [0.25, 0.3) is 0 Å². The van der Waals surface area contributed by atoms with Crippen molar-refractivity contribution in [1.82, 2.24) is 5.32 Å². The third-order valence-electron chi connectivity index (χ3n) is 9.86. The van der Waals surface area contributed by atoms with E-state index >= 15 is 4.39 Å². The molecule has 1 heterocycles. The van der Waals surface area contributed by atoms with Crippen LogP contribution in [0.15, 0.2) is 41.3 Å². The van der Waals surface area contributed by atoms with E-state index in [1.165, 1.54) is 26.4 Å². The molecule has 4 aliphatic rings. The number of alkyl halides is 3. The van der Waals surface area contributed by atoms with Gasteiger partial charge < -0.3 is 34.3 Å².